The van der Waals surface area contributed by atoms with Gasteiger partial charge in [-0.15, -0.1) is 10.2 Å². The number of likely N-dealkylation sites (N-methyl/N-ethyl adjacent to an activating group) is 1. The number of piperazine rings is 1. The van der Waals surface area contributed by atoms with E-state index in [0.717, 1.165) is 39.0 Å². The first-order valence-corrected chi connectivity index (χ1v) is 13.8. The number of ether oxygens (including phenoxy) is 1. The highest BCUT2D eigenvalue weighted by molar-refractivity contribution is 6.60. The number of anilines is 3. The molecule has 2 amide bonds. The van der Waals surface area contributed by atoms with Gasteiger partial charge in [0.25, 0.3) is 11.8 Å². The molecule has 1 aromatic carbocycles. The molecule has 1 saturated carbocycles. The second-order valence-electron chi connectivity index (χ2n) is 11.6. The van der Waals surface area contributed by atoms with Gasteiger partial charge in [-0.2, -0.15) is 4.98 Å². The number of benzene rings is 1. The summed E-state index contributed by atoms with van der Waals surface area (Å²) in [6.07, 6.45) is 1.71. The van der Waals surface area contributed by atoms with Gasteiger partial charge in [-0.05, 0) is 37.3 Å². The Labute approximate surface area is 241 Å². The zero-order valence-electron chi connectivity index (χ0n) is 24.2. The molecule has 5 rings (SSSR count). The molecule has 3 aromatic rings. The molecule has 16 heteroatoms. The van der Waals surface area contributed by atoms with Crippen LogP contribution in [0.4, 0.5) is 17.2 Å². The van der Waals surface area contributed by atoms with Crippen molar-refractivity contribution in [1.82, 2.24) is 35.5 Å². The third-order valence-corrected chi connectivity index (χ3v) is 6.84. The van der Waals surface area contributed by atoms with Crippen LogP contribution in [0.5, 0.6) is 5.75 Å². The molecule has 2 aromatic heterocycles. The van der Waals surface area contributed by atoms with Crippen LogP contribution in [0.15, 0.2) is 28.8 Å². The van der Waals surface area contributed by atoms with Crippen molar-refractivity contribution >= 4 is 52.5 Å². The van der Waals surface area contributed by atoms with Crippen molar-refractivity contribution in [2.45, 2.75) is 24.6 Å². The molecular formula is C25H34B3N9O4. The second-order valence-corrected chi connectivity index (χ2v) is 11.6. The number of carbonyl (C=O) groups excluding carboxylic acids is 2. The molecule has 2 aliphatic rings. The Morgan fingerprint density at radius 3 is 2.56 bits per heavy atom. The molecule has 1 aliphatic heterocycles. The van der Waals surface area contributed by atoms with E-state index >= 15 is 0 Å². The zero-order chi connectivity index (χ0) is 29.1. The fraction of sp³-hybridized carbons (Fsp3) is 0.440. The Kier molecular flexibility index (Phi) is 8.31. The number of rotatable bonds is 10. The SMILES string of the molecule is BC(B)(B)NC(=O)c1nnc(NC(=O)C2CC2)cc1Nc1cccc(-c2nc(CN3CCN(C)CC3)no2)c1OC. The van der Waals surface area contributed by atoms with Gasteiger partial charge in [0.1, 0.15) is 23.5 Å². The third-order valence-electron chi connectivity index (χ3n) is 6.84. The van der Waals surface area contributed by atoms with Gasteiger partial charge >= 0.3 is 0 Å². The average Bonchev–Trinajstić information content (AvgIpc) is 3.68. The maximum absolute atomic E-state index is 13.1. The quantitative estimate of drug-likeness (QED) is 0.253. The van der Waals surface area contributed by atoms with Crippen LogP contribution in [0.1, 0.15) is 29.2 Å². The van der Waals surface area contributed by atoms with Gasteiger partial charge < -0.3 is 30.1 Å². The van der Waals surface area contributed by atoms with Crippen molar-refractivity contribution < 1.29 is 18.8 Å². The number of hydrogen-bond acceptors (Lipinski definition) is 11. The number of hydrogen-bond donors (Lipinski definition) is 3. The first kappa shape index (κ1) is 28.6. The molecule has 3 heterocycles. The number of nitrogens with zero attached hydrogens (tertiary/aromatic N) is 6. The van der Waals surface area contributed by atoms with E-state index in [4.69, 9.17) is 9.26 Å². The lowest BCUT2D eigenvalue weighted by Crippen LogP contribution is -2.50. The van der Waals surface area contributed by atoms with Gasteiger partial charge in [0.2, 0.25) is 5.91 Å². The number of aromatic nitrogens is 4. The van der Waals surface area contributed by atoms with E-state index in [1.807, 2.05) is 35.7 Å². The summed E-state index contributed by atoms with van der Waals surface area (Å²) >= 11 is 0. The minimum absolute atomic E-state index is 0.00982. The molecule has 1 aliphatic carbocycles. The minimum Gasteiger partial charge on any atom is -0.494 e. The summed E-state index contributed by atoms with van der Waals surface area (Å²) in [5.41, 5.74) is 1.56. The Balaban J connectivity index is 1.42. The summed E-state index contributed by atoms with van der Waals surface area (Å²) in [6.45, 7) is 4.48. The average molecular weight is 557 g/mol. The topological polar surface area (TPSA) is 151 Å². The molecule has 3 N–H and O–H groups in total. The smallest absolute Gasteiger partial charge is 0.272 e. The van der Waals surface area contributed by atoms with Crippen LogP contribution in [0.3, 0.4) is 0 Å². The second kappa shape index (κ2) is 11.9. The van der Waals surface area contributed by atoms with E-state index in [0.29, 0.717) is 40.9 Å². The van der Waals surface area contributed by atoms with E-state index in [2.05, 4.69) is 53.1 Å². The van der Waals surface area contributed by atoms with E-state index in [1.54, 1.807) is 19.2 Å². The van der Waals surface area contributed by atoms with E-state index in [-0.39, 0.29) is 23.3 Å². The summed E-state index contributed by atoms with van der Waals surface area (Å²) in [7, 11) is 9.30. The standard InChI is InChI=1S/C25H34B3N9O4/c1-36-8-10-37(11-9-36)13-19-31-24(41-35-19)15-4-3-5-16(21(15)40-2)29-17-12-18(30-22(38)14-6-7-14)33-34-20(17)23(39)32-25(26,27)28/h3-5,12,14H,6-11,13,26-28H2,1-2H3,(H,32,39)(H2,29,30,33,38). The number of nitrogens with one attached hydrogen (secondary N) is 3. The van der Waals surface area contributed by atoms with E-state index in [1.165, 1.54) is 0 Å². The van der Waals surface area contributed by atoms with Crippen molar-refractivity contribution in [3.8, 4) is 17.2 Å². The highest BCUT2D eigenvalue weighted by atomic mass is 16.5. The Bertz CT molecular complexity index is 1420. The maximum Gasteiger partial charge on any atom is 0.272 e. The van der Waals surface area contributed by atoms with Crippen LogP contribution >= 0.6 is 0 Å². The molecule has 0 unspecified atom stereocenters. The fourth-order valence-electron chi connectivity index (χ4n) is 4.49. The molecule has 13 nitrogen and oxygen atoms in total. The van der Waals surface area contributed by atoms with Gasteiger partial charge in [0, 0.05) is 38.2 Å². The molecule has 212 valence electrons. The zero-order valence-corrected chi connectivity index (χ0v) is 24.2. The lowest BCUT2D eigenvalue weighted by atomic mass is 9.49. The first-order valence-electron chi connectivity index (χ1n) is 13.8. The maximum atomic E-state index is 13.1. The van der Waals surface area contributed by atoms with Crippen LogP contribution in [0, 0.1) is 5.92 Å². The lowest BCUT2D eigenvalue weighted by molar-refractivity contribution is -0.117. The molecule has 2 fully saturated rings. The van der Waals surface area contributed by atoms with Crippen LogP contribution in [-0.2, 0) is 11.3 Å². The van der Waals surface area contributed by atoms with Gasteiger partial charge in [-0.3, -0.25) is 14.5 Å². The normalized spacial score (nSPS) is 16.2. The first-order chi connectivity index (χ1) is 19.6. The molecule has 41 heavy (non-hydrogen) atoms. The van der Waals surface area contributed by atoms with Gasteiger partial charge in [0.15, 0.2) is 23.1 Å². The summed E-state index contributed by atoms with van der Waals surface area (Å²) < 4.78 is 11.4. The number of methoxy groups -OCH3 is 1. The van der Waals surface area contributed by atoms with Crippen molar-refractivity contribution in [3.63, 3.8) is 0 Å². The van der Waals surface area contributed by atoms with Crippen molar-refractivity contribution in [2.75, 3.05) is 51.0 Å². The Hall–Kier alpha value is -3.91. The van der Waals surface area contributed by atoms with Crippen molar-refractivity contribution in [3.05, 3.63) is 35.8 Å². The highest BCUT2D eigenvalue weighted by Gasteiger charge is 2.30. The molecular weight excluding hydrogens is 523 g/mol. The number of amides is 2. The monoisotopic (exact) mass is 557 g/mol. The van der Waals surface area contributed by atoms with Gasteiger partial charge in [-0.1, -0.05) is 11.2 Å². The largest absolute Gasteiger partial charge is 0.494 e. The minimum atomic E-state index is -0.494. The van der Waals surface area contributed by atoms with E-state index in [9.17, 15) is 9.59 Å². The third kappa shape index (κ3) is 7.25. The molecule has 0 radical (unpaired) electrons. The number of para-hydroxylation sites is 1. The van der Waals surface area contributed by atoms with Crippen LogP contribution in [-0.4, -0.2) is 111 Å². The summed E-state index contributed by atoms with van der Waals surface area (Å²) in [5.74, 6) is 1.09. The Morgan fingerprint density at radius 1 is 1.12 bits per heavy atom. The fourth-order valence-corrected chi connectivity index (χ4v) is 4.49. The van der Waals surface area contributed by atoms with E-state index < -0.39 is 11.1 Å². The van der Waals surface area contributed by atoms with Gasteiger partial charge in [0.05, 0.1) is 30.6 Å². The summed E-state index contributed by atoms with van der Waals surface area (Å²) in [6, 6.07) is 7.05. The summed E-state index contributed by atoms with van der Waals surface area (Å²) in [4.78, 5) is 34.7. The van der Waals surface area contributed by atoms with Gasteiger partial charge in [-0.25, -0.2) is 0 Å². The predicted octanol–water partition coefficient (Wildman–Crippen LogP) is -1.38. The lowest BCUT2D eigenvalue weighted by Gasteiger charge is -2.31. The molecule has 0 atom stereocenters. The predicted molar refractivity (Wildman–Crippen MR) is 162 cm³/mol. The molecule has 0 spiro atoms. The van der Waals surface area contributed by atoms with Crippen LogP contribution in [0.2, 0.25) is 0 Å². The molecule has 0 bridgehead atoms. The Morgan fingerprint density at radius 2 is 1.88 bits per heavy atom. The van der Waals surface area contributed by atoms with Crippen LogP contribution in [0.25, 0.3) is 11.5 Å². The van der Waals surface area contributed by atoms with Crippen molar-refractivity contribution in [2.24, 2.45) is 5.92 Å². The number of carbonyl (C=O) groups is 2. The highest BCUT2D eigenvalue weighted by Crippen LogP contribution is 2.38. The van der Waals surface area contributed by atoms with Crippen molar-refractivity contribution in [1.29, 1.82) is 0 Å². The van der Waals surface area contributed by atoms with Crippen LogP contribution < -0.4 is 20.7 Å². The molecule has 1 saturated heterocycles. The summed E-state index contributed by atoms with van der Waals surface area (Å²) in [5, 5.41) is 20.9.